The minimum Gasteiger partial charge on any atom is -0.470 e. The number of ether oxygens (including phenoxy) is 1. The second-order valence-electron chi connectivity index (χ2n) is 6.52. The van der Waals surface area contributed by atoms with E-state index in [0.29, 0.717) is 24.9 Å². The molecular formula is C17H18N4O2. The van der Waals surface area contributed by atoms with Crippen molar-refractivity contribution in [2.24, 2.45) is 17.8 Å². The first-order chi connectivity index (χ1) is 11.2. The molecule has 4 rings (SSSR count). The van der Waals surface area contributed by atoms with Gasteiger partial charge in [-0.1, -0.05) is 12.2 Å². The second kappa shape index (κ2) is 5.65. The molecule has 1 aromatic heterocycles. The van der Waals surface area contributed by atoms with E-state index in [1.54, 1.807) is 0 Å². The Kier molecular flexibility index (Phi) is 3.49. The molecule has 2 bridgehead atoms. The van der Waals surface area contributed by atoms with E-state index >= 15 is 0 Å². The van der Waals surface area contributed by atoms with Crippen molar-refractivity contribution in [2.45, 2.75) is 25.4 Å². The van der Waals surface area contributed by atoms with Crippen molar-refractivity contribution < 1.29 is 9.53 Å². The van der Waals surface area contributed by atoms with E-state index in [2.05, 4.69) is 22.1 Å². The van der Waals surface area contributed by atoms with Crippen molar-refractivity contribution in [2.75, 3.05) is 13.1 Å². The zero-order chi connectivity index (χ0) is 15.8. The Balaban J connectivity index is 1.39. The summed E-state index contributed by atoms with van der Waals surface area (Å²) < 4.78 is 5.80. The number of nitriles is 1. The summed E-state index contributed by atoms with van der Waals surface area (Å²) in [5.41, 5.74) is 0.190. The van der Waals surface area contributed by atoms with Crippen LogP contribution < -0.4 is 4.74 Å². The molecule has 23 heavy (non-hydrogen) atoms. The number of amides is 1. The summed E-state index contributed by atoms with van der Waals surface area (Å²) in [5.74, 6) is 1.69. The minimum atomic E-state index is -0.114. The quantitative estimate of drug-likeness (QED) is 0.791. The van der Waals surface area contributed by atoms with Gasteiger partial charge in [-0.3, -0.25) is 4.79 Å². The molecule has 0 radical (unpaired) electrons. The van der Waals surface area contributed by atoms with Gasteiger partial charge in [-0.05, 0) is 24.7 Å². The van der Waals surface area contributed by atoms with Crippen molar-refractivity contribution in [3.8, 4) is 11.9 Å². The van der Waals surface area contributed by atoms with Crippen LogP contribution in [-0.2, 0) is 4.79 Å². The van der Waals surface area contributed by atoms with Gasteiger partial charge in [0.25, 0.3) is 5.88 Å². The highest BCUT2D eigenvalue weighted by Crippen LogP contribution is 2.44. The van der Waals surface area contributed by atoms with E-state index < -0.39 is 0 Å². The fourth-order valence-electron chi connectivity index (χ4n) is 3.97. The molecule has 2 heterocycles. The molecule has 4 unspecified atom stereocenters. The number of fused-ring (bicyclic) bond motifs is 2. The Hall–Kier alpha value is -2.42. The number of rotatable bonds is 3. The standard InChI is InChI=1S/C17H18N4O2/c18-9-15-16(20-5-4-19-15)23-13-3-6-21(10-13)17(22)14-8-11-1-2-12(14)7-11/h1-2,4-5,11-14H,3,6-8,10H2. The zero-order valence-electron chi connectivity index (χ0n) is 12.8. The molecule has 1 aromatic rings. The molecule has 1 aliphatic heterocycles. The molecule has 0 spiro atoms. The first-order valence-electron chi connectivity index (χ1n) is 8.09. The average Bonchev–Trinajstić information content (AvgIpc) is 3.31. The largest absolute Gasteiger partial charge is 0.470 e. The predicted octanol–water partition coefficient (Wildman–Crippen LogP) is 1.54. The fraction of sp³-hybridized carbons (Fsp3) is 0.529. The van der Waals surface area contributed by atoms with E-state index in [1.165, 1.54) is 12.4 Å². The minimum absolute atomic E-state index is 0.114. The molecule has 0 N–H and O–H groups in total. The lowest BCUT2D eigenvalue weighted by molar-refractivity contribution is -0.135. The van der Waals surface area contributed by atoms with Crippen LogP contribution in [-0.4, -0.2) is 40.0 Å². The molecule has 1 amide bonds. The van der Waals surface area contributed by atoms with Crippen molar-refractivity contribution in [1.29, 1.82) is 5.26 Å². The molecule has 3 aliphatic rings. The maximum absolute atomic E-state index is 12.7. The smallest absolute Gasteiger partial charge is 0.251 e. The van der Waals surface area contributed by atoms with Gasteiger partial charge < -0.3 is 9.64 Å². The number of aromatic nitrogens is 2. The summed E-state index contributed by atoms with van der Waals surface area (Å²) in [4.78, 5) is 22.6. The molecule has 6 heteroatoms. The second-order valence-corrected chi connectivity index (χ2v) is 6.52. The summed E-state index contributed by atoms with van der Waals surface area (Å²) in [7, 11) is 0. The number of likely N-dealkylation sites (tertiary alicyclic amines) is 1. The van der Waals surface area contributed by atoms with Gasteiger partial charge in [0.1, 0.15) is 12.2 Å². The maximum atomic E-state index is 12.7. The Bertz CT molecular complexity index is 696. The van der Waals surface area contributed by atoms with Gasteiger partial charge in [0.05, 0.1) is 6.54 Å². The highest BCUT2D eigenvalue weighted by molar-refractivity contribution is 5.80. The number of hydrogen-bond acceptors (Lipinski definition) is 5. The highest BCUT2D eigenvalue weighted by atomic mass is 16.5. The van der Waals surface area contributed by atoms with E-state index in [0.717, 1.165) is 19.3 Å². The van der Waals surface area contributed by atoms with Crippen LogP contribution in [0.2, 0.25) is 0 Å². The first kappa shape index (κ1) is 14.2. The lowest BCUT2D eigenvalue weighted by atomic mass is 9.92. The Morgan fingerprint density at radius 3 is 2.91 bits per heavy atom. The van der Waals surface area contributed by atoms with E-state index in [-0.39, 0.29) is 29.5 Å². The Morgan fingerprint density at radius 2 is 2.17 bits per heavy atom. The Morgan fingerprint density at radius 1 is 1.30 bits per heavy atom. The topological polar surface area (TPSA) is 79.1 Å². The SMILES string of the molecule is N#Cc1nccnc1OC1CCN(C(=O)C2CC3C=CC2C3)C1. The lowest BCUT2D eigenvalue weighted by Crippen LogP contribution is -2.37. The number of carbonyl (C=O) groups excluding carboxylic acids is 1. The van der Waals surface area contributed by atoms with Crippen LogP contribution in [0.3, 0.4) is 0 Å². The van der Waals surface area contributed by atoms with Crippen molar-refractivity contribution in [3.05, 3.63) is 30.2 Å². The molecule has 1 saturated carbocycles. The molecular weight excluding hydrogens is 292 g/mol. The molecule has 4 atom stereocenters. The first-order valence-corrected chi connectivity index (χ1v) is 8.09. The van der Waals surface area contributed by atoms with Crippen molar-refractivity contribution >= 4 is 5.91 Å². The van der Waals surface area contributed by atoms with Crippen LogP contribution in [0.4, 0.5) is 0 Å². The molecule has 6 nitrogen and oxygen atoms in total. The van der Waals surface area contributed by atoms with Crippen molar-refractivity contribution in [3.63, 3.8) is 0 Å². The summed E-state index contributed by atoms with van der Waals surface area (Å²) in [6, 6.07) is 1.98. The summed E-state index contributed by atoms with van der Waals surface area (Å²) in [5, 5.41) is 9.03. The summed E-state index contributed by atoms with van der Waals surface area (Å²) in [6.07, 6.45) is 10.2. The molecule has 0 aromatic carbocycles. The lowest BCUT2D eigenvalue weighted by Gasteiger charge is -2.24. The average molecular weight is 310 g/mol. The van der Waals surface area contributed by atoms with Crippen LogP contribution in [0, 0.1) is 29.1 Å². The third-order valence-corrected chi connectivity index (χ3v) is 5.10. The maximum Gasteiger partial charge on any atom is 0.251 e. The highest BCUT2D eigenvalue weighted by Gasteiger charge is 2.43. The van der Waals surface area contributed by atoms with Crippen LogP contribution in [0.5, 0.6) is 5.88 Å². The van der Waals surface area contributed by atoms with Gasteiger partial charge in [-0.15, -0.1) is 0 Å². The van der Waals surface area contributed by atoms with E-state index in [1.807, 2.05) is 11.0 Å². The fourth-order valence-corrected chi connectivity index (χ4v) is 3.97. The van der Waals surface area contributed by atoms with Gasteiger partial charge in [0, 0.05) is 31.3 Å². The van der Waals surface area contributed by atoms with E-state index in [4.69, 9.17) is 10.00 Å². The van der Waals surface area contributed by atoms with Crippen LogP contribution >= 0.6 is 0 Å². The van der Waals surface area contributed by atoms with E-state index in [9.17, 15) is 4.79 Å². The molecule has 2 fully saturated rings. The van der Waals surface area contributed by atoms with Crippen LogP contribution in [0.1, 0.15) is 25.0 Å². The summed E-state index contributed by atoms with van der Waals surface area (Å²) in [6.45, 7) is 1.28. The normalized spacial score (nSPS) is 31.3. The van der Waals surface area contributed by atoms with Gasteiger partial charge in [0.2, 0.25) is 11.6 Å². The van der Waals surface area contributed by atoms with Crippen LogP contribution in [0.25, 0.3) is 0 Å². The monoisotopic (exact) mass is 310 g/mol. The van der Waals surface area contributed by atoms with Gasteiger partial charge >= 0.3 is 0 Å². The molecule has 2 aliphatic carbocycles. The number of carbonyl (C=O) groups is 1. The Labute approximate surface area is 134 Å². The summed E-state index contributed by atoms with van der Waals surface area (Å²) >= 11 is 0. The van der Waals surface area contributed by atoms with Gasteiger partial charge in [0.15, 0.2) is 0 Å². The zero-order valence-corrected chi connectivity index (χ0v) is 12.8. The predicted molar refractivity (Wildman–Crippen MR) is 81.2 cm³/mol. The number of hydrogen-bond donors (Lipinski definition) is 0. The number of nitrogens with zero attached hydrogens (tertiary/aromatic N) is 4. The van der Waals surface area contributed by atoms with Crippen LogP contribution in [0.15, 0.2) is 24.5 Å². The molecule has 118 valence electrons. The third kappa shape index (κ3) is 2.56. The number of allylic oxidation sites excluding steroid dienone is 2. The third-order valence-electron chi connectivity index (χ3n) is 5.10. The van der Waals surface area contributed by atoms with Gasteiger partial charge in [-0.25, -0.2) is 9.97 Å². The van der Waals surface area contributed by atoms with Crippen molar-refractivity contribution in [1.82, 2.24) is 14.9 Å². The molecule has 1 saturated heterocycles. The van der Waals surface area contributed by atoms with Gasteiger partial charge in [-0.2, -0.15) is 5.26 Å².